The third-order valence-corrected chi connectivity index (χ3v) is 6.45. The van der Waals surface area contributed by atoms with Crippen molar-refractivity contribution < 1.29 is 14.4 Å². The van der Waals surface area contributed by atoms with Crippen molar-refractivity contribution >= 4 is 40.9 Å². The van der Waals surface area contributed by atoms with Crippen LogP contribution in [0, 0.1) is 12.8 Å². The van der Waals surface area contributed by atoms with Crippen LogP contribution in [0.3, 0.4) is 0 Å². The van der Waals surface area contributed by atoms with E-state index in [1.807, 2.05) is 75.4 Å². The number of aryl methyl sites for hydroxylation is 1. The van der Waals surface area contributed by atoms with Gasteiger partial charge in [0, 0.05) is 28.4 Å². The summed E-state index contributed by atoms with van der Waals surface area (Å²) in [4.78, 5) is 41.2. The summed E-state index contributed by atoms with van der Waals surface area (Å²) in [5, 5.41) is 6.03. The fourth-order valence-electron chi connectivity index (χ4n) is 3.59. The zero-order chi connectivity index (χ0) is 24.9. The smallest absolute Gasteiger partial charge is 0.278 e. The average Bonchev–Trinajstić information content (AvgIpc) is 3.06. The molecule has 1 aliphatic heterocycles. The number of hydrogen-bond donors (Lipinski definition) is 2. The van der Waals surface area contributed by atoms with Gasteiger partial charge in [-0.05, 0) is 61.4 Å². The summed E-state index contributed by atoms with van der Waals surface area (Å²) in [5.41, 5.74) is 3.35. The van der Waals surface area contributed by atoms with Crippen molar-refractivity contribution in [1.29, 1.82) is 0 Å². The Bertz CT molecular complexity index is 1270. The number of imide groups is 1. The zero-order valence-corrected chi connectivity index (χ0v) is 20.7. The van der Waals surface area contributed by atoms with Crippen LogP contribution >= 0.6 is 11.8 Å². The van der Waals surface area contributed by atoms with Crippen LogP contribution in [0.4, 0.5) is 11.4 Å². The first-order chi connectivity index (χ1) is 16.8. The number of hydrogen-bond acceptors (Lipinski definition) is 5. The molecule has 1 aliphatic rings. The first kappa shape index (κ1) is 24.3. The SMILES string of the molecule is Cc1ccc(NC2=C(Sc3ccc(NC(=O)c4ccccc4)cc3)C(=O)N(CC(C)C)C2=O)cc1. The molecule has 6 nitrogen and oxygen atoms in total. The molecule has 0 aliphatic carbocycles. The van der Waals surface area contributed by atoms with Crippen LogP contribution in [0.2, 0.25) is 0 Å². The minimum absolute atomic E-state index is 0.153. The predicted octanol–water partition coefficient (Wildman–Crippen LogP) is 5.69. The Morgan fingerprint density at radius 2 is 1.49 bits per heavy atom. The first-order valence-electron chi connectivity index (χ1n) is 11.4. The lowest BCUT2D eigenvalue weighted by Gasteiger charge is -2.17. The second-order valence-corrected chi connectivity index (χ2v) is 9.84. The van der Waals surface area contributed by atoms with E-state index in [1.54, 1.807) is 24.3 Å². The molecule has 3 amide bonds. The Hall–Kier alpha value is -3.84. The largest absolute Gasteiger partial charge is 0.350 e. The van der Waals surface area contributed by atoms with Crippen LogP contribution in [0.5, 0.6) is 0 Å². The summed E-state index contributed by atoms with van der Waals surface area (Å²) < 4.78 is 0. The molecule has 0 bridgehead atoms. The molecule has 0 spiro atoms. The number of thioether (sulfide) groups is 1. The summed E-state index contributed by atoms with van der Waals surface area (Å²) in [7, 11) is 0. The molecule has 7 heteroatoms. The van der Waals surface area contributed by atoms with Crippen molar-refractivity contribution in [2.24, 2.45) is 5.92 Å². The fourth-order valence-corrected chi connectivity index (χ4v) is 4.53. The molecular formula is C28H27N3O3S. The van der Waals surface area contributed by atoms with Crippen LogP contribution in [0.15, 0.2) is 94.4 Å². The number of anilines is 2. The second-order valence-electron chi connectivity index (χ2n) is 8.76. The van der Waals surface area contributed by atoms with Gasteiger partial charge in [0.1, 0.15) is 10.6 Å². The van der Waals surface area contributed by atoms with E-state index >= 15 is 0 Å². The maximum absolute atomic E-state index is 13.2. The van der Waals surface area contributed by atoms with Gasteiger partial charge in [-0.1, -0.05) is 61.5 Å². The van der Waals surface area contributed by atoms with Gasteiger partial charge in [-0.2, -0.15) is 0 Å². The van der Waals surface area contributed by atoms with E-state index in [0.717, 1.165) is 16.1 Å². The van der Waals surface area contributed by atoms with Gasteiger partial charge in [0.25, 0.3) is 17.7 Å². The molecule has 3 aromatic rings. The fraction of sp³-hybridized carbons (Fsp3) is 0.179. The average molecular weight is 486 g/mol. The monoisotopic (exact) mass is 485 g/mol. The number of carbonyl (C=O) groups excluding carboxylic acids is 3. The van der Waals surface area contributed by atoms with Crippen LogP contribution in [-0.4, -0.2) is 29.2 Å². The molecule has 0 saturated carbocycles. The molecule has 0 radical (unpaired) electrons. The summed E-state index contributed by atoms with van der Waals surface area (Å²) in [6, 6.07) is 23.9. The number of rotatable bonds is 8. The molecule has 1 heterocycles. The highest BCUT2D eigenvalue weighted by atomic mass is 32.2. The number of nitrogens with zero attached hydrogens (tertiary/aromatic N) is 1. The maximum atomic E-state index is 13.2. The van der Waals surface area contributed by atoms with Crippen molar-refractivity contribution in [1.82, 2.24) is 4.90 Å². The summed E-state index contributed by atoms with van der Waals surface area (Å²) >= 11 is 1.24. The zero-order valence-electron chi connectivity index (χ0n) is 19.9. The van der Waals surface area contributed by atoms with Crippen molar-refractivity contribution in [2.75, 3.05) is 17.2 Å². The van der Waals surface area contributed by atoms with Gasteiger partial charge in [-0.25, -0.2) is 0 Å². The lowest BCUT2D eigenvalue weighted by atomic mass is 10.2. The minimum atomic E-state index is -0.321. The number of nitrogens with one attached hydrogen (secondary N) is 2. The molecule has 178 valence electrons. The molecular weight excluding hydrogens is 458 g/mol. The number of amides is 3. The summed E-state index contributed by atoms with van der Waals surface area (Å²) in [5.74, 6) is -0.664. The lowest BCUT2D eigenvalue weighted by molar-refractivity contribution is -0.137. The first-order valence-corrected chi connectivity index (χ1v) is 12.2. The lowest BCUT2D eigenvalue weighted by Crippen LogP contribution is -2.35. The van der Waals surface area contributed by atoms with Gasteiger partial charge >= 0.3 is 0 Å². The van der Waals surface area contributed by atoms with Crippen molar-refractivity contribution in [2.45, 2.75) is 25.7 Å². The van der Waals surface area contributed by atoms with E-state index < -0.39 is 0 Å². The standard InChI is InChI=1S/C28H27N3O3S/c1-18(2)17-31-27(33)24(29-21-11-9-19(3)10-12-21)25(28(31)34)35-23-15-13-22(14-16-23)30-26(32)20-7-5-4-6-8-20/h4-16,18,29H,17H2,1-3H3,(H,30,32). The summed E-state index contributed by atoms with van der Waals surface area (Å²) in [6.07, 6.45) is 0. The van der Waals surface area contributed by atoms with Gasteiger partial charge in [0.2, 0.25) is 0 Å². The van der Waals surface area contributed by atoms with Crippen LogP contribution < -0.4 is 10.6 Å². The van der Waals surface area contributed by atoms with Gasteiger partial charge in [0.15, 0.2) is 0 Å². The van der Waals surface area contributed by atoms with E-state index in [1.165, 1.54) is 16.7 Å². The highest BCUT2D eigenvalue weighted by Crippen LogP contribution is 2.36. The molecule has 0 unspecified atom stereocenters. The van der Waals surface area contributed by atoms with E-state index in [4.69, 9.17) is 0 Å². The Balaban J connectivity index is 1.55. The Kier molecular flexibility index (Phi) is 7.36. The molecule has 0 aromatic heterocycles. The molecule has 2 N–H and O–H groups in total. The highest BCUT2D eigenvalue weighted by molar-refractivity contribution is 8.04. The number of carbonyl (C=O) groups is 3. The van der Waals surface area contributed by atoms with Crippen molar-refractivity contribution in [3.05, 3.63) is 101 Å². The van der Waals surface area contributed by atoms with Crippen molar-refractivity contribution in [3.8, 4) is 0 Å². The summed E-state index contributed by atoms with van der Waals surface area (Å²) in [6.45, 7) is 6.29. The van der Waals surface area contributed by atoms with E-state index in [9.17, 15) is 14.4 Å². The third kappa shape index (κ3) is 5.81. The minimum Gasteiger partial charge on any atom is -0.350 e. The highest BCUT2D eigenvalue weighted by Gasteiger charge is 2.39. The Morgan fingerprint density at radius 3 is 2.11 bits per heavy atom. The van der Waals surface area contributed by atoms with E-state index in [0.29, 0.717) is 22.7 Å². The molecule has 35 heavy (non-hydrogen) atoms. The second kappa shape index (κ2) is 10.6. The van der Waals surface area contributed by atoms with Gasteiger partial charge < -0.3 is 10.6 Å². The van der Waals surface area contributed by atoms with Crippen LogP contribution in [-0.2, 0) is 9.59 Å². The Labute approximate surface area is 209 Å². The Morgan fingerprint density at radius 1 is 0.857 bits per heavy atom. The van der Waals surface area contributed by atoms with Gasteiger partial charge in [-0.3, -0.25) is 19.3 Å². The third-order valence-electron chi connectivity index (χ3n) is 5.36. The molecule has 0 atom stereocenters. The topological polar surface area (TPSA) is 78.5 Å². The molecule has 4 rings (SSSR count). The normalized spacial score (nSPS) is 13.5. The van der Waals surface area contributed by atoms with Crippen LogP contribution in [0.25, 0.3) is 0 Å². The number of benzene rings is 3. The van der Waals surface area contributed by atoms with Gasteiger partial charge in [-0.15, -0.1) is 0 Å². The molecule has 3 aromatic carbocycles. The predicted molar refractivity (Wildman–Crippen MR) is 140 cm³/mol. The van der Waals surface area contributed by atoms with E-state index in [2.05, 4.69) is 10.6 Å². The van der Waals surface area contributed by atoms with Gasteiger partial charge in [0.05, 0.1) is 0 Å². The molecule has 0 fully saturated rings. The molecule has 0 saturated heterocycles. The van der Waals surface area contributed by atoms with Crippen LogP contribution in [0.1, 0.15) is 29.8 Å². The maximum Gasteiger partial charge on any atom is 0.278 e. The quantitative estimate of drug-likeness (QED) is 0.401. The van der Waals surface area contributed by atoms with E-state index in [-0.39, 0.29) is 29.3 Å². The van der Waals surface area contributed by atoms with Crippen molar-refractivity contribution in [3.63, 3.8) is 0 Å².